The van der Waals surface area contributed by atoms with Crippen LogP contribution in [0.15, 0.2) is 72.1 Å². The Kier molecular flexibility index (Phi) is 24.7. The van der Waals surface area contributed by atoms with Crippen LogP contribution in [-0.4, -0.2) is 164 Å². The van der Waals surface area contributed by atoms with Gasteiger partial charge in [0, 0.05) is 44.2 Å². The van der Waals surface area contributed by atoms with Crippen molar-refractivity contribution in [3.63, 3.8) is 0 Å². The lowest BCUT2D eigenvalue weighted by molar-refractivity contribution is -0.145. The van der Waals surface area contributed by atoms with E-state index in [2.05, 4.69) is 52.2 Å². The summed E-state index contributed by atoms with van der Waals surface area (Å²) in [6, 6.07) is 3.74. The highest BCUT2D eigenvalue weighted by atomic mass is 16.5. The van der Waals surface area contributed by atoms with E-state index in [9.17, 15) is 58.2 Å². The van der Waals surface area contributed by atoms with Crippen LogP contribution in [0.2, 0.25) is 0 Å². The number of guanidine groups is 1. The first-order valence-electron chi connectivity index (χ1n) is 27.5. The Morgan fingerprint density at radius 2 is 1.38 bits per heavy atom. The number of aliphatic carboxylic acids is 2. The molecule has 16 N–H and O–H groups in total. The van der Waals surface area contributed by atoms with Crippen molar-refractivity contribution in [2.24, 2.45) is 34.0 Å². The average Bonchev–Trinajstić information content (AvgIpc) is 4.37. The van der Waals surface area contributed by atoms with Gasteiger partial charge in [0.1, 0.15) is 54.1 Å². The number of carboxylic acid groups (broad SMARTS) is 2. The third-order valence-corrected chi connectivity index (χ3v) is 14.2. The number of rotatable bonds is 31. The van der Waals surface area contributed by atoms with E-state index < -0.39 is 132 Å². The van der Waals surface area contributed by atoms with E-state index in [0.717, 1.165) is 6.42 Å². The Hall–Kier alpha value is -8.46. The van der Waals surface area contributed by atoms with Crippen LogP contribution < -0.4 is 59.2 Å². The highest BCUT2D eigenvalue weighted by molar-refractivity contribution is 5.98. The van der Waals surface area contributed by atoms with Crippen molar-refractivity contribution in [1.82, 2.24) is 52.1 Å². The van der Waals surface area contributed by atoms with Gasteiger partial charge in [-0.15, -0.1) is 0 Å². The summed E-state index contributed by atoms with van der Waals surface area (Å²) in [5.74, 6) is -9.95. The summed E-state index contributed by atoms with van der Waals surface area (Å²) in [5.41, 5.74) is 18.3. The van der Waals surface area contributed by atoms with Crippen molar-refractivity contribution in [2.45, 2.75) is 153 Å². The first-order valence-corrected chi connectivity index (χ1v) is 27.5. The monoisotopic (exact) mass is 1140 g/mol. The molecule has 2 saturated heterocycles. The van der Waals surface area contributed by atoms with Crippen LogP contribution in [0.25, 0.3) is 0 Å². The molecule has 27 nitrogen and oxygen atoms in total. The minimum Gasteiger partial charge on any atom is -0.481 e. The molecule has 446 valence electrons. The number of likely N-dealkylation sites (tertiary alicyclic amines) is 1. The number of hydrogen-bond acceptors (Lipinski definition) is 15. The number of H-pyrrole nitrogens is 1. The van der Waals surface area contributed by atoms with Crippen molar-refractivity contribution in [3.8, 4) is 5.75 Å². The smallest absolute Gasteiger partial charge is 0.328 e. The first kappa shape index (κ1) is 64.4. The molecule has 0 saturated carbocycles. The standard InChI is InChI=1S/C55H78N14O13/c1-5-31(4)45(51(77)65-40(26-34-28-59-29-62-34)52(78)69-23-11-16-42(69)49(75)66-41(53(79)80)25-32-12-7-6-8-13-32)68-48(74)39(24-33-17-19-35(20-18-33)82-54(81)38-15-10-21-60-38)64-50(76)44(30(2)3)67-47(73)37(14-9-22-61-55(57)58)63-46(72)36(56)27-43(70)71/h6-8,12-13,17-20,28-31,36-42,44-45,60H,5,9-11,14-16,21-27,56H2,1-4H3,(H,59,62)(H,63,72)(H,64,76)(H,65,77)(H,66,75)(H,67,73)(H,68,74)(H,70,71)(H,79,80)(H4,57,58,61)/t31-,36-,37-,38-,39-,40-,41-,42-,44-,45-/m0/s1. The predicted octanol–water partition coefficient (Wildman–Crippen LogP) is -1.36. The van der Waals surface area contributed by atoms with Crippen LogP contribution in [0.4, 0.5) is 0 Å². The minimum absolute atomic E-state index is 0.00914. The molecule has 3 aromatic rings. The molecule has 0 unspecified atom stereocenters. The van der Waals surface area contributed by atoms with Crippen molar-refractivity contribution in [3.05, 3.63) is 83.9 Å². The van der Waals surface area contributed by atoms with Gasteiger partial charge in [-0.05, 0) is 80.2 Å². The van der Waals surface area contributed by atoms with Gasteiger partial charge in [-0.3, -0.25) is 43.3 Å². The Morgan fingerprint density at radius 1 is 0.744 bits per heavy atom. The number of imidazole rings is 1. The number of carbonyl (C=O) groups excluding carboxylic acids is 8. The highest BCUT2D eigenvalue weighted by Gasteiger charge is 2.41. The van der Waals surface area contributed by atoms with Crippen LogP contribution in [0.3, 0.4) is 0 Å². The maximum absolute atomic E-state index is 14.8. The molecule has 0 bridgehead atoms. The lowest BCUT2D eigenvalue weighted by Gasteiger charge is -2.32. The normalized spacial score (nSPS) is 17.8. The number of nitrogens with zero attached hydrogens (tertiary/aromatic N) is 3. The number of aromatic amines is 1. The minimum atomic E-state index is -1.52. The zero-order chi connectivity index (χ0) is 60.0. The summed E-state index contributed by atoms with van der Waals surface area (Å²) < 4.78 is 5.59. The Morgan fingerprint density at radius 3 is 1.99 bits per heavy atom. The van der Waals surface area contributed by atoms with Crippen LogP contribution in [-0.2, 0) is 67.2 Å². The average molecular weight is 1140 g/mol. The van der Waals surface area contributed by atoms with Gasteiger partial charge in [0.25, 0.3) is 0 Å². The van der Waals surface area contributed by atoms with E-state index in [1.807, 2.05) is 0 Å². The second-order valence-corrected chi connectivity index (χ2v) is 20.9. The van der Waals surface area contributed by atoms with Gasteiger partial charge in [-0.2, -0.15) is 0 Å². The molecular formula is C55H78N14O13. The molecule has 10 atom stereocenters. The van der Waals surface area contributed by atoms with Crippen molar-refractivity contribution < 1.29 is 62.9 Å². The molecule has 0 spiro atoms. The molecule has 1 aromatic heterocycles. The first-order chi connectivity index (χ1) is 39.0. The molecule has 2 aliphatic heterocycles. The van der Waals surface area contributed by atoms with E-state index in [1.54, 1.807) is 70.2 Å². The second kappa shape index (κ2) is 31.5. The van der Waals surface area contributed by atoms with Gasteiger partial charge in [0.15, 0.2) is 5.96 Å². The summed E-state index contributed by atoms with van der Waals surface area (Å²) in [4.78, 5) is 148. The number of carboxylic acids is 2. The Bertz CT molecular complexity index is 2700. The number of aromatic nitrogens is 2. The van der Waals surface area contributed by atoms with Gasteiger partial charge in [-0.25, -0.2) is 14.6 Å². The fourth-order valence-electron chi connectivity index (χ4n) is 9.45. The quantitative estimate of drug-likeness (QED) is 0.0116. The zero-order valence-corrected chi connectivity index (χ0v) is 46.6. The molecular weight excluding hydrogens is 1060 g/mol. The second-order valence-electron chi connectivity index (χ2n) is 20.9. The maximum Gasteiger partial charge on any atom is 0.328 e. The number of nitrogens with one attached hydrogen (secondary N) is 8. The van der Waals surface area contributed by atoms with Crippen LogP contribution in [0, 0.1) is 11.8 Å². The molecule has 0 radical (unpaired) electrons. The predicted molar refractivity (Wildman–Crippen MR) is 298 cm³/mol. The topological polar surface area (TPSA) is 427 Å². The summed E-state index contributed by atoms with van der Waals surface area (Å²) >= 11 is 0. The Labute approximate surface area is 474 Å². The molecule has 7 amide bonds. The number of hydrogen-bond donors (Lipinski definition) is 13. The van der Waals surface area contributed by atoms with E-state index in [0.29, 0.717) is 42.6 Å². The van der Waals surface area contributed by atoms with Crippen molar-refractivity contribution in [2.75, 3.05) is 19.6 Å². The van der Waals surface area contributed by atoms with E-state index in [-0.39, 0.29) is 63.3 Å². The number of carbonyl (C=O) groups is 10. The van der Waals surface area contributed by atoms with E-state index in [1.165, 1.54) is 29.6 Å². The largest absolute Gasteiger partial charge is 0.481 e. The van der Waals surface area contributed by atoms with E-state index >= 15 is 0 Å². The third kappa shape index (κ3) is 19.7. The van der Waals surface area contributed by atoms with Crippen LogP contribution in [0.5, 0.6) is 5.75 Å². The van der Waals surface area contributed by atoms with Crippen LogP contribution in [0.1, 0.15) is 95.9 Å². The number of ether oxygens (including phenoxy) is 1. The highest BCUT2D eigenvalue weighted by Crippen LogP contribution is 2.22. The Balaban J connectivity index is 1.41. The third-order valence-electron chi connectivity index (χ3n) is 14.2. The summed E-state index contributed by atoms with van der Waals surface area (Å²) in [6.45, 7) is 7.56. The number of aliphatic imine (C=N–C) groups is 1. The molecule has 5 rings (SSSR count). The number of esters is 1. The van der Waals surface area contributed by atoms with E-state index in [4.69, 9.17) is 21.9 Å². The maximum atomic E-state index is 14.8. The molecule has 3 heterocycles. The molecule has 2 aliphatic rings. The fraction of sp³-hybridized carbons (Fsp3) is 0.527. The molecule has 27 heteroatoms. The molecule has 0 aliphatic carbocycles. The van der Waals surface area contributed by atoms with Crippen molar-refractivity contribution >= 4 is 65.2 Å². The van der Waals surface area contributed by atoms with Gasteiger partial charge >= 0.3 is 17.9 Å². The van der Waals surface area contributed by atoms with Crippen LogP contribution >= 0.6 is 0 Å². The SMILES string of the molecule is CC[C@H](C)[C@H](NC(=O)[C@H](Cc1ccc(OC(=O)[C@@H]2CCCN2)cc1)NC(=O)[C@@H](NC(=O)[C@H](CCCN=C(N)N)NC(=O)[C@@H](N)CC(=O)O)C(C)C)C(=O)N[C@@H](Cc1cnc[nH]1)C(=O)N1CCC[C@H]1C(=O)N[C@@H](Cc1ccccc1)C(=O)O. The molecule has 2 fully saturated rings. The zero-order valence-electron chi connectivity index (χ0n) is 46.6. The fourth-order valence-corrected chi connectivity index (χ4v) is 9.45. The van der Waals surface area contributed by atoms with Gasteiger partial charge in [0.05, 0.1) is 18.8 Å². The molecule has 82 heavy (non-hydrogen) atoms. The summed E-state index contributed by atoms with van der Waals surface area (Å²) in [6.07, 6.45) is 4.23. The lowest BCUT2D eigenvalue weighted by Crippen LogP contribution is -2.62. The number of nitrogens with two attached hydrogens (primary N) is 3. The number of benzene rings is 2. The summed E-state index contributed by atoms with van der Waals surface area (Å²) in [7, 11) is 0. The summed E-state index contributed by atoms with van der Waals surface area (Å²) in [5, 5.41) is 38.4. The van der Waals surface area contributed by atoms with Crippen molar-refractivity contribution in [1.29, 1.82) is 0 Å². The lowest BCUT2D eigenvalue weighted by atomic mass is 9.96. The molecule has 2 aromatic carbocycles. The van der Waals surface area contributed by atoms with Gasteiger partial charge < -0.3 is 79.3 Å². The van der Waals surface area contributed by atoms with Gasteiger partial charge in [-0.1, -0.05) is 76.6 Å². The van der Waals surface area contributed by atoms with Gasteiger partial charge in [0.2, 0.25) is 41.4 Å². The number of amides is 7.